The third-order valence-corrected chi connectivity index (χ3v) is 8.06. The summed E-state index contributed by atoms with van der Waals surface area (Å²) >= 11 is 13.0. The van der Waals surface area contributed by atoms with Crippen molar-refractivity contribution < 1.29 is 4.79 Å². The van der Waals surface area contributed by atoms with E-state index in [1.807, 2.05) is 35.2 Å². The minimum absolute atomic E-state index is 0.0477. The van der Waals surface area contributed by atoms with Crippen LogP contribution in [0.15, 0.2) is 29.2 Å². The van der Waals surface area contributed by atoms with Gasteiger partial charge in [0, 0.05) is 17.1 Å². The fourth-order valence-electron chi connectivity index (χ4n) is 4.85. The predicted molar refractivity (Wildman–Crippen MR) is 127 cm³/mol. The van der Waals surface area contributed by atoms with Crippen LogP contribution in [-0.4, -0.2) is 38.8 Å². The van der Waals surface area contributed by atoms with E-state index in [4.69, 9.17) is 23.8 Å². The average molecular weight is 449 g/mol. The molecule has 156 valence electrons. The lowest BCUT2D eigenvalue weighted by molar-refractivity contribution is -0.124. The highest BCUT2D eigenvalue weighted by atomic mass is 35.5. The first-order chi connectivity index (χ1) is 14.1. The second-order valence-electron chi connectivity index (χ2n) is 8.40. The van der Waals surface area contributed by atoms with Gasteiger partial charge in [-0.15, -0.1) is 0 Å². The van der Waals surface area contributed by atoms with E-state index in [9.17, 15) is 4.79 Å². The van der Waals surface area contributed by atoms with Crippen LogP contribution in [0.2, 0.25) is 5.02 Å². The highest BCUT2D eigenvalue weighted by Gasteiger charge is 2.37. The van der Waals surface area contributed by atoms with Crippen LogP contribution in [-0.2, 0) is 4.79 Å². The maximum atomic E-state index is 13.2. The van der Waals surface area contributed by atoms with Crippen LogP contribution in [0.1, 0.15) is 69.8 Å². The summed E-state index contributed by atoms with van der Waals surface area (Å²) in [5.74, 6) is 0.0477. The number of amides is 1. The molecule has 1 aliphatic heterocycles. The van der Waals surface area contributed by atoms with E-state index >= 15 is 0 Å². The Hall–Kier alpha value is -0.880. The Morgan fingerprint density at radius 2 is 1.55 bits per heavy atom. The van der Waals surface area contributed by atoms with Gasteiger partial charge >= 0.3 is 0 Å². The van der Waals surface area contributed by atoms with Gasteiger partial charge in [0.1, 0.15) is 4.32 Å². The molecular formula is C23H29ClN2OS2. The molecule has 4 rings (SSSR count). The Morgan fingerprint density at radius 3 is 2.10 bits per heavy atom. The smallest absolute Gasteiger partial charge is 0.267 e. The van der Waals surface area contributed by atoms with E-state index in [-0.39, 0.29) is 5.91 Å². The number of halogens is 1. The summed E-state index contributed by atoms with van der Waals surface area (Å²) in [5.41, 5.74) is 0.978. The predicted octanol–water partition coefficient (Wildman–Crippen LogP) is 6.47. The molecule has 6 heteroatoms. The van der Waals surface area contributed by atoms with E-state index in [1.54, 1.807) is 0 Å². The Bertz CT molecular complexity index is 750. The standard InChI is InChI=1S/C23H29ClN2OS2/c24-18-13-11-17(12-14-18)15-21-22(27)26(23(28)29-21)16-25(19-7-3-1-4-8-19)20-9-5-2-6-10-20/h11-15,19-20H,1-10,16H2/b21-15-. The molecule has 1 heterocycles. The second kappa shape index (κ2) is 9.95. The lowest BCUT2D eigenvalue weighted by Gasteiger charge is -2.43. The molecular weight excluding hydrogens is 420 g/mol. The van der Waals surface area contributed by atoms with Crippen LogP contribution in [0.5, 0.6) is 0 Å². The van der Waals surface area contributed by atoms with E-state index in [0.717, 1.165) is 5.56 Å². The Labute approximate surface area is 188 Å². The average Bonchev–Trinajstić information content (AvgIpc) is 3.01. The SMILES string of the molecule is O=C1/C(=C/c2ccc(Cl)cc2)SC(=S)N1CN(C1CCCCC1)C1CCCCC1. The van der Waals surface area contributed by atoms with Crippen molar-refractivity contribution in [1.82, 2.24) is 9.80 Å². The number of hydrogen-bond donors (Lipinski definition) is 0. The lowest BCUT2D eigenvalue weighted by Crippen LogP contribution is -2.51. The van der Waals surface area contributed by atoms with Gasteiger partial charge in [-0.2, -0.15) is 0 Å². The molecule has 0 unspecified atom stereocenters. The lowest BCUT2D eigenvalue weighted by atomic mass is 9.89. The Balaban J connectivity index is 1.51. The van der Waals surface area contributed by atoms with Crippen LogP contribution < -0.4 is 0 Å². The largest absolute Gasteiger partial charge is 0.280 e. The molecule has 0 radical (unpaired) electrons. The van der Waals surface area contributed by atoms with E-state index < -0.39 is 0 Å². The van der Waals surface area contributed by atoms with E-state index in [1.165, 1.54) is 76.0 Å². The zero-order valence-electron chi connectivity index (χ0n) is 16.8. The maximum Gasteiger partial charge on any atom is 0.267 e. The monoisotopic (exact) mass is 448 g/mol. The number of nitrogens with zero attached hydrogens (tertiary/aromatic N) is 2. The zero-order chi connectivity index (χ0) is 20.2. The normalized spacial score (nSPS) is 23.5. The summed E-state index contributed by atoms with van der Waals surface area (Å²) in [6, 6.07) is 8.76. The van der Waals surface area contributed by atoms with Crippen molar-refractivity contribution in [2.24, 2.45) is 0 Å². The summed E-state index contributed by atoms with van der Waals surface area (Å²) in [6.07, 6.45) is 14.9. The molecule has 3 nitrogen and oxygen atoms in total. The third kappa shape index (κ3) is 5.25. The Kier molecular flexibility index (Phi) is 7.33. The molecule has 2 saturated carbocycles. The maximum absolute atomic E-state index is 13.2. The van der Waals surface area contributed by atoms with Gasteiger partial charge in [0.2, 0.25) is 0 Å². The van der Waals surface area contributed by atoms with Crippen molar-refractivity contribution >= 4 is 51.9 Å². The van der Waals surface area contributed by atoms with Gasteiger partial charge in [-0.1, -0.05) is 86.2 Å². The highest BCUT2D eigenvalue weighted by molar-refractivity contribution is 8.26. The minimum Gasteiger partial charge on any atom is -0.280 e. The quantitative estimate of drug-likeness (QED) is 0.380. The van der Waals surface area contributed by atoms with Gasteiger partial charge < -0.3 is 0 Å². The van der Waals surface area contributed by atoms with E-state index in [0.29, 0.717) is 33.0 Å². The van der Waals surface area contributed by atoms with Gasteiger partial charge in [0.05, 0.1) is 11.6 Å². The minimum atomic E-state index is 0.0477. The molecule has 0 N–H and O–H groups in total. The number of rotatable bonds is 5. The number of thioether (sulfide) groups is 1. The molecule has 1 aromatic rings. The van der Waals surface area contributed by atoms with Gasteiger partial charge in [0.25, 0.3) is 5.91 Å². The zero-order valence-corrected chi connectivity index (χ0v) is 19.2. The second-order valence-corrected chi connectivity index (χ2v) is 10.5. The molecule has 0 spiro atoms. The summed E-state index contributed by atoms with van der Waals surface area (Å²) in [5, 5.41) is 0.699. The van der Waals surface area contributed by atoms with Gasteiger partial charge in [-0.05, 0) is 49.5 Å². The Morgan fingerprint density at radius 1 is 1.00 bits per heavy atom. The van der Waals surface area contributed by atoms with Crippen molar-refractivity contribution in [3.05, 3.63) is 39.8 Å². The summed E-state index contributed by atoms with van der Waals surface area (Å²) in [4.78, 5) is 18.4. The topological polar surface area (TPSA) is 23.6 Å². The van der Waals surface area contributed by atoms with Crippen LogP contribution >= 0.6 is 35.6 Å². The summed E-state index contributed by atoms with van der Waals surface area (Å²) in [6.45, 7) is 0.651. The van der Waals surface area contributed by atoms with Crippen molar-refractivity contribution in [3.8, 4) is 0 Å². The summed E-state index contributed by atoms with van der Waals surface area (Å²) in [7, 11) is 0. The number of carbonyl (C=O) groups excluding carboxylic acids is 1. The van der Waals surface area contributed by atoms with Crippen molar-refractivity contribution in [1.29, 1.82) is 0 Å². The molecule has 1 amide bonds. The number of benzene rings is 1. The number of hydrogen-bond acceptors (Lipinski definition) is 4. The van der Waals surface area contributed by atoms with Gasteiger partial charge in [-0.25, -0.2) is 0 Å². The number of carbonyl (C=O) groups is 1. The third-order valence-electron chi connectivity index (χ3n) is 6.43. The van der Waals surface area contributed by atoms with Crippen molar-refractivity contribution in [2.75, 3.05) is 6.67 Å². The molecule has 0 bridgehead atoms. The van der Waals surface area contributed by atoms with Crippen molar-refractivity contribution in [3.63, 3.8) is 0 Å². The molecule has 0 atom stereocenters. The van der Waals surface area contributed by atoms with Crippen LogP contribution in [0.25, 0.3) is 6.08 Å². The first kappa shape index (κ1) is 21.4. The number of thiocarbonyl (C=S) groups is 1. The highest BCUT2D eigenvalue weighted by Crippen LogP contribution is 2.36. The van der Waals surface area contributed by atoms with Gasteiger partial charge in [0.15, 0.2) is 0 Å². The van der Waals surface area contributed by atoms with Crippen LogP contribution in [0.3, 0.4) is 0 Å². The molecule has 1 aromatic carbocycles. The fourth-order valence-corrected chi connectivity index (χ4v) is 6.22. The van der Waals surface area contributed by atoms with Crippen molar-refractivity contribution in [2.45, 2.75) is 76.3 Å². The van der Waals surface area contributed by atoms with Crippen LogP contribution in [0.4, 0.5) is 0 Å². The molecule has 3 aliphatic rings. The fraction of sp³-hybridized carbons (Fsp3) is 0.565. The summed E-state index contributed by atoms with van der Waals surface area (Å²) < 4.78 is 0.687. The van der Waals surface area contributed by atoms with Crippen LogP contribution in [0, 0.1) is 0 Å². The first-order valence-electron chi connectivity index (χ1n) is 10.9. The molecule has 2 aliphatic carbocycles. The molecule has 1 saturated heterocycles. The molecule has 3 fully saturated rings. The van der Waals surface area contributed by atoms with E-state index in [2.05, 4.69) is 4.90 Å². The molecule has 29 heavy (non-hydrogen) atoms. The van der Waals surface area contributed by atoms with Gasteiger partial charge in [-0.3, -0.25) is 14.6 Å². The molecule has 0 aromatic heterocycles. The first-order valence-corrected chi connectivity index (χ1v) is 12.5.